The fraction of sp³-hybridized carbons (Fsp3) is 0.297. The summed E-state index contributed by atoms with van der Waals surface area (Å²) in [5.74, 6) is -2.64. The molecule has 300 valence electrons. The quantitative estimate of drug-likeness (QED) is 0.0248. The normalized spacial score (nSPS) is 13.4. The van der Waals surface area contributed by atoms with Crippen molar-refractivity contribution in [1.82, 2.24) is 4.98 Å². The van der Waals surface area contributed by atoms with Gasteiger partial charge in [-0.15, -0.1) is 0 Å². The lowest BCUT2D eigenvalue weighted by molar-refractivity contribution is -0.137. The number of amides is 3. The zero-order valence-corrected chi connectivity index (χ0v) is 30.7. The fourth-order valence-corrected chi connectivity index (χ4v) is 5.82. The minimum atomic E-state index is -4.88. The molecular formula is C37H39F4N5O9S. The van der Waals surface area contributed by atoms with Crippen LogP contribution in [-0.4, -0.2) is 81.9 Å². The lowest BCUT2D eigenvalue weighted by Crippen LogP contribution is -2.21. The van der Waals surface area contributed by atoms with Crippen molar-refractivity contribution < 1.29 is 59.1 Å². The van der Waals surface area contributed by atoms with Crippen molar-refractivity contribution in [3.05, 3.63) is 95.1 Å². The molecule has 0 spiro atoms. The second kappa shape index (κ2) is 18.9. The highest BCUT2D eigenvalue weighted by Gasteiger charge is 2.33. The second-order valence-electron chi connectivity index (χ2n) is 12.3. The van der Waals surface area contributed by atoms with Gasteiger partial charge in [-0.1, -0.05) is 12.1 Å². The van der Waals surface area contributed by atoms with Gasteiger partial charge < -0.3 is 45.2 Å². The summed E-state index contributed by atoms with van der Waals surface area (Å²) in [6, 6.07) is 13.8. The highest BCUT2D eigenvalue weighted by molar-refractivity contribution is 7.85. The van der Waals surface area contributed by atoms with E-state index in [0.29, 0.717) is 34.8 Å². The summed E-state index contributed by atoms with van der Waals surface area (Å²) in [5, 5.41) is 10.7. The first-order chi connectivity index (χ1) is 26.7. The van der Waals surface area contributed by atoms with Gasteiger partial charge >= 0.3 is 12.2 Å². The number of hydrogen-bond acceptors (Lipinski definition) is 9. The van der Waals surface area contributed by atoms with E-state index in [1.165, 1.54) is 0 Å². The lowest BCUT2D eigenvalue weighted by Gasteiger charge is -2.16. The molecule has 1 aromatic heterocycles. The molecule has 0 fully saturated rings. The third-order valence-corrected chi connectivity index (χ3v) is 8.84. The number of carbonyl (C=O) groups is 2. The molecule has 19 heteroatoms. The Morgan fingerprint density at radius 2 is 1.57 bits per heavy atom. The highest BCUT2D eigenvalue weighted by Crippen LogP contribution is 2.38. The van der Waals surface area contributed by atoms with Crippen molar-refractivity contribution in [2.24, 2.45) is 0 Å². The summed E-state index contributed by atoms with van der Waals surface area (Å²) in [4.78, 5) is 28.6. The van der Waals surface area contributed by atoms with Crippen LogP contribution in [0, 0.1) is 12.7 Å². The number of fused-ring (bicyclic) bond motifs is 1. The standard InChI is InChI=1S/C37H39F4N5O9S/c1-23-5-6-27(21-30(23)43-26-7-8-28-29(20-25-4-2-9-42-25)35(47)45-31(28)22-26)44-36(48)46-32-18-24(37(39,40)41)19-33(34(32)38)55-16-15-54-14-13-53-12-11-52-10-3-17-56(49,50)51/h2,4-9,18-22,42-43H,3,10-17H2,1H3,(H,45,47)(H2,44,46,48)(H,49,50,51)/b29-20-. The minimum Gasteiger partial charge on any atom is -0.488 e. The first-order valence-corrected chi connectivity index (χ1v) is 18.8. The van der Waals surface area contributed by atoms with Crippen LogP contribution in [0.2, 0.25) is 0 Å². The molecule has 0 radical (unpaired) electrons. The van der Waals surface area contributed by atoms with Crippen LogP contribution in [0.25, 0.3) is 11.6 Å². The van der Waals surface area contributed by atoms with Crippen LogP contribution >= 0.6 is 0 Å². The van der Waals surface area contributed by atoms with Crippen molar-refractivity contribution in [2.75, 3.05) is 73.3 Å². The fourth-order valence-electron chi connectivity index (χ4n) is 5.33. The number of anilines is 5. The Labute approximate surface area is 319 Å². The van der Waals surface area contributed by atoms with E-state index >= 15 is 4.39 Å². The van der Waals surface area contributed by atoms with Crippen LogP contribution in [0.4, 0.5) is 50.8 Å². The van der Waals surface area contributed by atoms with Crippen LogP contribution in [0.1, 0.15) is 28.8 Å². The number of H-pyrrole nitrogens is 1. The van der Waals surface area contributed by atoms with E-state index in [2.05, 4.69) is 26.3 Å². The molecule has 0 aliphatic carbocycles. The number of aryl methyl sites for hydroxylation is 1. The summed E-state index contributed by atoms with van der Waals surface area (Å²) in [6.45, 7) is 2.07. The molecule has 4 aromatic rings. The first-order valence-electron chi connectivity index (χ1n) is 17.1. The topological polar surface area (TPSA) is 189 Å². The first kappa shape index (κ1) is 41.7. The number of benzene rings is 3. The minimum absolute atomic E-state index is 0.0828. The monoisotopic (exact) mass is 805 g/mol. The number of alkyl halides is 3. The third-order valence-electron chi connectivity index (χ3n) is 8.03. The van der Waals surface area contributed by atoms with Crippen molar-refractivity contribution >= 4 is 62.1 Å². The predicted octanol–water partition coefficient (Wildman–Crippen LogP) is 7.07. The molecule has 3 aromatic carbocycles. The van der Waals surface area contributed by atoms with Crippen LogP contribution in [0.15, 0.2) is 66.9 Å². The van der Waals surface area contributed by atoms with Crippen molar-refractivity contribution in [3.8, 4) is 5.75 Å². The number of urea groups is 1. The molecule has 1 aliphatic rings. The van der Waals surface area contributed by atoms with E-state index in [-0.39, 0.29) is 64.3 Å². The summed E-state index contributed by atoms with van der Waals surface area (Å²) in [5.41, 5.74) is 2.81. The SMILES string of the molecule is Cc1ccc(NC(=O)Nc2cc(C(F)(F)F)cc(OCCOCCOCCOCCCS(=O)(=O)O)c2F)cc1Nc1ccc2c(c1)NC(=O)/C2=C\c1ccc[nH]1. The van der Waals surface area contributed by atoms with Gasteiger partial charge in [0.25, 0.3) is 16.0 Å². The van der Waals surface area contributed by atoms with Gasteiger partial charge in [0.1, 0.15) is 6.61 Å². The second-order valence-corrected chi connectivity index (χ2v) is 13.9. The van der Waals surface area contributed by atoms with E-state index in [1.807, 2.05) is 19.1 Å². The Morgan fingerprint density at radius 1 is 0.875 bits per heavy atom. The van der Waals surface area contributed by atoms with Gasteiger partial charge in [0, 0.05) is 41.1 Å². The molecule has 2 heterocycles. The molecule has 56 heavy (non-hydrogen) atoms. The molecule has 14 nitrogen and oxygen atoms in total. The number of halogens is 4. The number of nitrogens with one attached hydrogen (secondary N) is 5. The van der Waals surface area contributed by atoms with Crippen LogP contribution in [0.3, 0.4) is 0 Å². The lowest BCUT2D eigenvalue weighted by atomic mass is 10.1. The number of hydrogen-bond donors (Lipinski definition) is 6. The van der Waals surface area contributed by atoms with Gasteiger partial charge in [0.2, 0.25) is 0 Å². The number of rotatable bonds is 19. The maximum absolute atomic E-state index is 15.3. The Balaban J connectivity index is 1.13. The number of ether oxygens (including phenoxy) is 4. The number of aromatic amines is 1. The van der Waals surface area contributed by atoms with Gasteiger partial charge in [-0.3, -0.25) is 9.35 Å². The van der Waals surface area contributed by atoms with Gasteiger partial charge in [0.15, 0.2) is 11.6 Å². The Hall–Kier alpha value is -5.47. The zero-order chi connectivity index (χ0) is 40.3. The number of carbonyl (C=O) groups excluding carboxylic acids is 2. The van der Waals surface area contributed by atoms with E-state index in [4.69, 9.17) is 23.5 Å². The average Bonchev–Trinajstić information content (AvgIpc) is 3.75. The highest BCUT2D eigenvalue weighted by atomic mass is 32.2. The van der Waals surface area contributed by atoms with Crippen LogP contribution in [0.5, 0.6) is 5.75 Å². The van der Waals surface area contributed by atoms with Gasteiger partial charge in [0.05, 0.1) is 61.3 Å². The molecule has 5 rings (SSSR count). The third kappa shape index (κ3) is 12.3. The van der Waals surface area contributed by atoms with E-state index < -0.39 is 50.9 Å². The van der Waals surface area contributed by atoms with Gasteiger partial charge in [-0.05, 0) is 73.5 Å². The van der Waals surface area contributed by atoms with Crippen molar-refractivity contribution in [1.29, 1.82) is 0 Å². The van der Waals surface area contributed by atoms with E-state index in [0.717, 1.165) is 16.8 Å². The molecule has 0 atom stereocenters. The summed E-state index contributed by atoms with van der Waals surface area (Å²) < 4.78 is 107. The Morgan fingerprint density at radius 3 is 2.25 bits per heavy atom. The maximum atomic E-state index is 15.3. The van der Waals surface area contributed by atoms with Gasteiger partial charge in [-0.2, -0.15) is 21.6 Å². The molecular weight excluding hydrogens is 766 g/mol. The maximum Gasteiger partial charge on any atom is 0.416 e. The molecule has 6 N–H and O–H groups in total. The molecule has 0 bridgehead atoms. The van der Waals surface area contributed by atoms with Crippen LogP contribution in [-0.2, 0) is 35.3 Å². The molecule has 3 amide bonds. The van der Waals surface area contributed by atoms with E-state index in [1.54, 1.807) is 48.7 Å². The number of aromatic nitrogens is 1. The summed E-state index contributed by atoms with van der Waals surface area (Å²) in [7, 11) is -4.04. The van der Waals surface area contributed by atoms with Crippen molar-refractivity contribution in [2.45, 2.75) is 19.5 Å². The summed E-state index contributed by atoms with van der Waals surface area (Å²) in [6.07, 6.45) is -1.25. The molecule has 0 saturated heterocycles. The van der Waals surface area contributed by atoms with Crippen LogP contribution < -0.4 is 26.0 Å². The van der Waals surface area contributed by atoms with Gasteiger partial charge in [-0.25, -0.2) is 9.18 Å². The van der Waals surface area contributed by atoms with E-state index in [9.17, 15) is 31.2 Å². The largest absolute Gasteiger partial charge is 0.488 e. The zero-order valence-electron chi connectivity index (χ0n) is 29.9. The molecule has 0 saturated carbocycles. The average molecular weight is 806 g/mol. The van der Waals surface area contributed by atoms with Crippen molar-refractivity contribution in [3.63, 3.8) is 0 Å². The Bertz CT molecular complexity index is 2150. The molecule has 1 aliphatic heterocycles. The summed E-state index contributed by atoms with van der Waals surface area (Å²) >= 11 is 0. The predicted molar refractivity (Wildman–Crippen MR) is 201 cm³/mol. The molecule has 0 unspecified atom stereocenters. The smallest absolute Gasteiger partial charge is 0.416 e. The Kier molecular flexibility index (Phi) is 14.1.